The van der Waals surface area contributed by atoms with Gasteiger partial charge in [-0.05, 0) is 17.5 Å². The van der Waals surface area contributed by atoms with Crippen molar-refractivity contribution in [2.24, 2.45) is 5.41 Å². The van der Waals surface area contributed by atoms with Crippen molar-refractivity contribution in [2.75, 3.05) is 13.6 Å². The Bertz CT molecular complexity index is 599. The quantitative estimate of drug-likeness (QED) is 0.734. The summed E-state index contributed by atoms with van der Waals surface area (Å²) in [6.45, 7) is 6.04. The highest BCUT2D eigenvalue weighted by Crippen LogP contribution is 2.28. The molecule has 0 fully saturated rings. The van der Waals surface area contributed by atoms with Gasteiger partial charge in [0.25, 0.3) is 0 Å². The lowest BCUT2D eigenvalue weighted by atomic mass is 9.97. The molecule has 0 aliphatic heterocycles. The summed E-state index contributed by atoms with van der Waals surface area (Å²) >= 11 is 8.83. The second-order valence-corrected chi connectivity index (χ2v) is 9.03. The van der Waals surface area contributed by atoms with E-state index in [0.29, 0.717) is 4.47 Å². The molecule has 0 saturated carbocycles. The monoisotopic (exact) mass is 385 g/mol. The first kappa shape index (κ1) is 17.9. The molecule has 1 aromatic rings. The van der Waals surface area contributed by atoms with Gasteiger partial charge in [-0.15, -0.1) is 11.6 Å². The van der Waals surface area contributed by atoms with Crippen molar-refractivity contribution in [2.45, 2.75) is 31.5 Å². The molecule has 3 nitrogen and oxygen atoms in total. The van der Waals surface area contributed by atoms with E-state index in [-0.39, 0.29) is 28.3 Å². The van der Waals surface area contributed by atoms with Gasteiger partial charge in [-0.1, -0.05) is 36.7 Å². The molecule has 0 aromatic heterocycles. The number of halogens is 3. The Morgan fingerprint density at radius 3 is 2.35 bits per heavy atom. The lowest BCUT2D eigenvalue weighted by Gasteiger charge is -2.26. The highest BCUT2D eigenvalue weighted by molar-refractivity contribution is 9.10. The third-order valence-corrected chi connectivity index (χ3v) is 5.16. The molecule has 114 valence electrons. The van der Waals surface area contributed by atoms with Crippen molar-refractivity contribution in [1.29, 1.82) is 0 Å². The SMILES string of the molecule is CN(CC(C)(C)C)S(=O)(=O)c1cc(Br)cc(CCl)c1F. The summed E-state index contributed by atoms with van der Waals surface area (Å²) in [4.78, 5) is -0.353. The minimum atomic E-state index is -3.89. The fourth-order valence-corrected chi connectivity index (χ4v) is 4.20. The summed E-state index contributed by atoms with van der Waals surface area (Å²) in [6, 6.07) is 2.74. The van der Waals surface area contributed by atoms with E-state index in [9.17, 15) is 12.8 Å². The Balaban J connectivity index is 3.32. The van der Waals surface area contributed by atoms with Gasteiger partial charge in [0, 0.05) is 23.6 Å². The van der Waals surface area contributed by atoms with Crippen LogP contribution in [0.4, 0.5) is 4.39 Å². The molecule has 7 heteroatoms. The van der Waals surface area contributed by atoms with Crippen LogP contribution in [0.5, 0.6) is 0 Å². The Morgan fingerprint density at radius 1 is 1.35 bits per heavy atom. The molecule has 0 radical (unpaired) electrons. The van der Waals surface area contributed by atoms with Crippen LogP contribution in [0.25, 0.3) is 0 Å². The normalized spacial score (nSPS) is 13.0. The van der Waals surface area contributed by atoms with Crippen LogP contribution in [-0.2, 0) is 15.9 Å². The van der Waals surface area contributed by atoms with E-state index in [1.807, 2.05) is 20.8 Å². The number of hydrogen-bond donors (Lipinski definition) is 0. The average molecular weight is 387 g/mol. The fourth-order valence-electron chi connectivity index (χ4n) is 1.82. The van der Waals surface area contributed by atoms with Gasteiger partial charge in [-0.3, -0.25) is 0 Å². The van der Waals surface area contributed by atoms with Gasteiger partial charge in [-0.2, -0.15) is 0 Å². The Hall–Kier alpha value is -0.170. The molecule has 0 unspecified atom stereocenters. The van der Waals surface area contributed by atoms with Crippen LogP contribution in [0, 0.1) is 11.2 Å². The van der Waals surface area contributed by atoms with E-state index in [4.69, 9.17) is 11.6 Å². The molecule has 0 heterocycles. The maximum atomic E-state index is 14.2. The Labute approximate surface area is 133 Å². The van der Waals surface area contributed by atoms with Crippen molar-refractivity contribution in [3.63, 3.8) is 0 Å². The first-order valence-electron chi connectivity index (χ1n) is 5.99. The number of rotatable bonds is 4. The predicted octanol–water partition coefficient (Wildman–Crippen LogP) is 3.99. The smallest absolute Gasteiger partial charge is 0.207 e. The van der Waals surface area contributed by atoms with Gasteiger partial charge < -0.3 is 0 Å². The molecule has 0 atom stereocenters. The summed E-state index contributed by atoms with van der Waals surface area (Å²) in [5.74, 6) is -0.875. The molecule has 0 N–H and O–H groups in total. The molecule has 20 heavy (non-hydrogen) atoms. The number of sulfonamides is 1. The first-order valence-corrected chi connectivity index (χ1v) is 8.76. The van der Waals surface area contributed by atoms with E-state index in [1.54, 1.807) is 0 Å². The summed E-state index contributed by atoms with van der Waals surface area (Å²) in [6.07, 6.45) is 0. The molecule has 0 saturated heterocycles. The highest BCUT2D eigenvalue weighted by Gasteiger charge is 2.29. The van der Waals surface area contributed by atoms with Crippen LogP contribution in [0.15, 0.2) is 21.5 Å². The zero-order chi connectivity index (χ0) is 15.7. The van der Waals surface area contributed by atoms with Crippen LogP contribution < -0.4 is 0 Å². The van der Waals surface area contributed by atoms with Crippen molar-refractivity contribution >= 4 is 37.6 Å². The third-order valence-electron chi connectivity index (χ3n) is 2.61. The average Bonchev–Trinajstić information content (AvgIpc) is 2.29. The summed E-state index contributed by atoms with van der Waals surface area (Å²) in [5, 5.41) is 0. The number of nitrogens with zero attached hydrogens (tertiary/aromatic N) is 1. The second kappa shape index (κ2) is 6.30. The van der Waals surface area contributed by atoms with Crippen LogP contribution >= 0.6 is 27.5 Å². The first-order chi connectivity index (χ1) is 8.99. The summed E-state index contributed by atoms with van der Waals surface area (Å²) < 4.78 is 40.8. The maximum Gasteiger partial charge on any atom is 0.245 e. The number of alkyl halides is 1. The molecule has 0 aliphatic rings. The molecule has 0 spiro atoms. The van der Waals surface area contributed by atoms with Crippen molar-refractivity contribution in [3.8, 4) is 0 Å². The van der Waals surface area contributed by atoms with Crippen molar-refractivity contribution in [3.05, 3.63) is 28.0 Å². The van der Waals surface area contributed by atoms with E-state index in [2.05, 4.69) is 15.9 Å². The minimum Gasteiger partial charge on any atom is -0.207 e. The highest BCUT2D eigenvalue weighted by atomic mass is 79.9. The lowest BCUT2D eigenvalue weighted by molar-refractivity contribution is 0.310. The van der Waals surface area contributed by atoms with Crippen molar-refractivity contribution in [1.82, 2.24) is 4.31 Å². The molecule has 0 bridgehead atoms. The minimum absolute atomic E-state index is 0.0865. The van der Waals surface area contributed by atoms with E-state index in [1.165, 1.54) is 19.2 Å². The van der Waals surface area contributed by atoms with Crippen molar-refractivity contribution < 1.29 is 12.8 Å². The topological polar surface area (TPSA) is 37.4 Å². The van der Waals surface area contributed by atoms with Gasteiger partial charge >= 0.3 is 0 Å². The van der Waals surface area contributed by atoms with Crippen LogP contribution in [0.2, 0.25) is 0 Å². The molecule has 0 amide bonds. The molecular formula is C13H18BrClFNO2S. The standard InChI is InChI=1S/C13H18BrClFNO2S/c1-13(2,3)8-17(4)20(18,19)11-6-10(14)5-9(7-15)12(11)16/h5-6H,7-8H2,1-4H3. The van der Waals surface area contributed by atoms with Gasteiger partial charge in [0.05, 0.1) is 5.88 Å². The molecule has 1 aromatic carbocycles. The molecule has 1 rings (SSSR count). The van der Waals surface area contributed by atoms with Gasteiger partial charge in [-0.25, -0.2) is 17.1 Å². The Morgan fingerprint density at radius 2 is 1.90 bits per heavy atom. The van der Waals surface area contributed by atoms with Gasteiger partial charge in [0.15, 0.2) is 0 Å². The van der Waals surface area contributed by atoms with E-state index >= 15 is 0 Å². The van der Waals surface area contributed by atoms with Crippen LogP contribution in [0.1, 0.15) is 26.3 Å². The second-order valence-electron chi connectivity index (χ2n) is 5.83. The summed E-state index contributed by atoms with van der Waals surface area (Å²) in [5.41, 5.74) is -0.0663. The zero-order valence-electron chi connectivity index (χ0n) is 11.9. The van der Waals surface area contributed by atoms with Gasteiger partial charge in [0.2, 0.25) is 10.0 Å². The predicted molar refractivity (Wildman–Crippen MR) is 82.9 cm³/mol. The lowest BCUT2D eigenvalue weighted by Crippen LogP contribution is -2.35. The van der Waals surface area contributed by atoms with Gasteiger partial charge in [0.1, 0.15) is 10.7 Å². The van der Waals surface area contributed by atoms with E-state index < -0.39 is 15.8 Å². The maximum absolute atomic E-state index is 14.2. The number of hydrogen-bond acceptors (Lipinski definition) is 2. The van der Waals surface area contributed by atoms with Crippen LogP contribution in [0.3, 0.4) is 0 Å². The third kappa shape index (κ3) is 4.16. The number of benzene rings is 1. The van der Waals surface area contributed by atoms with Crippen LogP contribution in [-0.4, -0.2) is 26.3 Å². The summed E-state index contributed by atoms with van der Waals surface area (Å²) in [7, 11) is -2.44. The fraction of sp³-hybridized carbons (Fsp3) is 0.538. The zero-order valence-corrected chi connectivity index (χ0v) is 15.0. The molecular weight excluding hydrogens is 369 g/mol. The Kier molecular flexibility index (Phi) is 5.63. The largest absolute Gasteiger partial charge is 0.245 e. The molecule has 0 aliphatic carbocycles. The van der Waals surface area contributed by atoms with E-state index in [0.717, 1.165) is 4.31 Å².